The van der Waals surface area contributed by atoms with E-state index in [1.54, 1.807) is 0 Å². The zero-order valence-electron chi connectivity index (χ0n) is 10.1. The zero-order chi connectivity index (χ0) is 12.2. The van der Waals surface area contributed by atoms with Crippen molar-refractivity contribution in [2.24, 2.45) is 0 Å². The van der Waals surface area contributed by atoms with Crippen molar-refractivity contribution in [1.29, 1.82) is 0 Å². The molecule has 1 aliphatic rings. The third-order valence-electron chi connectivity index (χ3n) is 3.06. The lowest BCUT2D eigenvalue weighted by Gasteiger charge is -2.24. The molecular formula is C13H16N4O. The normalized spacial score (nSPS) is 19.9. The SMILES string of the molecule is c1ccc(Cn2cncc2C2CNCCO2)nc1. The van der Waals surface area contributed by atoms with Gasteiger partial charge in [-0.3, -0.25) is 4.98 Å². The van der Waals surface area contributed by atoms with Gasteiger partial charge in [0.1, 0.15) is 6.10 Å². The standard InChI is InChI=1S/C13H16N4O/c1-2-4-16-11(3-1)9-17-10-15-7-12(17)13-8-14-5-6-18-13/h1-4,7,10,13-14H,5-6,8-9H2. The van der Waals surface area contributed by atoms with Crippen LogP contribution in [0.1, 0.15) is 17.5 Å². The largest absolute Gasteiger partial charge is 0.369 e. The maximum absolute atomic E-state index is 5.76. The molecule has 3 rings (SSSR count). The Kier molecular flexibility index (Phi) is 3.34. The van der Waals surface area contributed by atoms with Crippen molar-refractivity contribution in [3.8, 4) is 0 Å². The fourth-order valence-corrected chi connectivity index (χ4v) is 2.15. The van der Waals surface area contributed by atoms with Crippen molar-refractivity contribution in [3.63, 3.8) is 0 Å². The van der Waals surface area contributed by atoms with Gasteiger partial charge in [-0.1, -0.05) is 6.07 Å². The molecule has 1 N–H and O–H groups in total. The van der Waals surface area contributed by atoms with Crippen LogP contribution in [0.15, 0.2) is 36.9 Å². The molecule has 0 bridgehead atoms. The Bertz CT molecular complexity index is 491. The van der Waals surface area contributed by atoms with Crippen LogP contribution in [0.2, 0.25) is 0 Å². The van der Waals surface area contributed by atoms with Gasteiger partial charge in [-0.2, -0.15) is 0 Å². The second-order valence-corrected chi connectivity index (χ2v) is 4.33. The molecule has 1 fully saturated rings. The van der Waals surface area contributed by atoms with E-state index in [0.29, 0.717) is 0 Å². The molecule has 18 heavy (non-hydrogen) atoms. The van der Waals surface area contributed by atoms with E-state index < -0.39 is 0 Å². The number of rotatable bonds is 3. The van der Waals surface area contributed by atoms with Gasteiger partial charge in [0.15, 0.2) is 0 Å². The third kappa shape index (κ3) is 2.42. The molecular weight excluding hydrogens is 228 g/mol. The predicted octanol–water partition coefficient (Wildman–Crippen LogP) is 0.987. The smallest absolute Gasteiger partial charge is 0.111 e. The summed E-state index contributed by atoms with van der Waals surface area (Å²) in [6.45, 7) is 3.24. The number of pyridine rings is 1. The van der Waals surface area contributed by atoms with Crippen molar-refractivity contribution in [2.75, 3.05) is 19.7 Å². The Morgan fingerprint density at radius 3 is 3.22 bits per heavy atom. The molecule has 0 radical (unpaired) electrons. The Morgan fingerprint density at radius 2 is 2.44 bits per heavy atom. The molecule has 2 aromatic heterocycles. The van der Waals surface area contributed by atoms with Crippen LogP contribution < -0.4 is 5.32 Å². The summed E-state index contributed by atoms with van der Waals surface area (Å²) in [4.78, 5) is 8.56. The minimum Gasteiger partial charge on any atom is -0.369 e. The van der Waals surface area contributed by atoms with Crippen LogP contribution in [-0.4, -0.2) is 34.2 Å². The first-order valence-corrected chi connectivity index (χ1v) is 6.16. The van der Waals surface area contributed by atoms with Crippen LogP contribution in [0.25, 0.3) is 0 Å². The Hall–Kier alpha value is -1.72. The molecule has 1 saturated heterocycles. The van der Waals surface area contributed by atoms with E-state index in [4.69, 9.17) is 4.74 Å². The minimum absolute atomic E-state index is 0.0879. The summed E-state index contributed by atoms with van der Waals surface area (Å²) in [6.07, 6.45) is 5.61. The van der Waals surface area contributed by atoms with E-state index in [0.717, 1.165) is 37.6 Å². The molecule has 3 heterocycles. The molecule has 5 nitrogen and oxygen atoms in total. The van der Waals surface area contributed by atoms with E-state index in [1.165, 1.54) is 0 Å². The molecule has 2 aromatic rings. The van der Waals surface area contributed by atoms with Gasteiger partial charge in [-0.05, 0) is 12.1 Å². The number of nitrogens with zero attached hydrogens (tertiary/aromatic N) is 3. The fraction of sp³-hybridized carbons (Fsp3) is 0.385. The lowest BCUT2D eigenvalue weighted by Crippen LogP contribution is -2.34. The number of morpholine rings is 1. The number of imidazole rings is 1. The number of aromatic nitrogens is 3. The molecule has 0 aromatic carbocycles. The van der Waals surface area contributed by atoms with E-state index in [1.807, 2.05) is 36.9 Å². The maximum Gasteiger partial charge on any atom is 0.111 e. The van der Waals surface area contributed by atoms with Crippen LogP contribution in [0.3, 0.4) is 0 Å². The van der Waals surface area contributed by atoms with E-state index in [2.05, 4.69) is 19.9 Å². The summed E-state index contributed by atoms with van der Waals surface area (Å²) >= 11 is 0. The van der Waals surface area contributed by atoms with Gasteiger partial charge in [-0.15, -0.1) is 0 Å². The first kappa shape index (κ1) is 11.4. The Balaban J connectivity index is 1.78. The summed E-state index contributed by atoms with van der Waals surface area (Å²) in [5.74, 6) is 0. The predicted molar refractivity (Wildman–Crippen MR) is 67.1 cm³/mol. The zero-order valence-corrected chi connectivity index (χ0v) is 10.1. The van der Waals surface area contributed by atoms with Gasteiger partial charge in [-0.25, -0.2) is 4.98 Å². The monoisotopic (exact) mass is 244 g/mol. The number of nitrogens with one attached hydrogen (secondary N) is 1. The molecule has 0 saturated carbocycles. The van der Waals surface area contributed by atoms with E-state index in [9.17, 15) is 0 Å². The number of hydrogen-bond acceptors (Lipinski definition) is 4. The second kappa shape index (κ2) is 5.29. The van der Waals surface area contributed by atoms with Gasteiger partial charge in [0.05, 0.1) is 37.1 Å². The molecule has 0 spiro atoms. The number of ether oxygens (including phenoxy) is 1. The van der Waals surface area contributed by atoms with Crippen LogP contribution in [0.4, 0.5) is 0 Å². The molecule has 1 aliphatic heterocycles. The molecule has 0 amide bonds. The first-order valence-electron chi connectivity index (χ1n) is 6.16. The molecule has 1 atom stereocenters. The lowest BCUT2D eigenvalue weighted by atomic mass is 10.2. The van der Waals surface area contributed by atoms with Gasteiger partial charge in [0, 0.05) is 19.3 Å². The number of hydrogen-bond donors (Lipinski definition) is 1. The van der Waals surface area contributed by atoms with Crippen molar-refractivity contribution in [3.05, 3.63) is 48.3 Å². The summed E-state index contributed by atoms with van der Waals surface area (Å²) in [5, 5.41) is 3.33. The van der Waals surface area contributed by atoms with E-state index in [-0.39, 0.29) is 6.10 Å². The summed E-state index contributed by atoms with van der Waals surface area (Å²) in [6, 6.07) is 5.94. The summed E-state index contributed by atoms with van der Waals surface area (Å²) in [7, 11) is 0. The topological polar surface area (TPSA) is 52.0 Å². The highest BCUT2D eigenvalue weighted by Crippen LogP contribution is 2.18. The van der Waals surface area contributed by atoms with Gasteiger partial charge in [0.25, 0.3) is 0 Å². The van der Waals surface area contributed by atoms with Crippen LogP contribution >= 0.6 is 0 Å². The Labute approximate surface area is 106 Å². The minimum atomic E-state index is 0.0879. The molecule has 5 heteroatoms. The van der Waals surface area contributed by atoms with Crippen molar-refractivity contribution < 1.29 is 4.74 Å². The van der Waals surface area contributed by atoms with Crippen molar-refractivity contribution in [2.45, 2.75) is 12.6 Å². The van der Waals surface area contributed by atoms with Gasteiger partial charge < -0.3 is 14.6 Å². The fourth-order valence-electron chi connectivity index (χ4n) is 2.15. The van der Waals surface area contributed by atoms with Crippen LogP contribution in [0.5, 0.6) is 0 Å². The third-order valence-corrected chi connectivity index (χ3v) is 3.06. The average Bonchev–Trinajstić information content (AvgIpc) is 2.89. The van der Waals surface area contributed by atoms with Crippen molar-refractivity contribution >= 4 is 0 Å². The highest BCUT2D eigenvalue weighted by Gasteiger charge is 2.19. The van der Waals surface area contributed by atoms with Crippen LogP contribution in [0, 0.1) is 0 Å². The summed E-state index contributed by atoms with van der Waals surface area (Å²) < 4.78 is 7.85. The highest BCUT2D eigenvalue weighted by molar-refractivity contribution is 5.10. The van der Waals surface area contributed by atoms with E-state index >= 15 is 0 Å². The van der Waals surface area contributed by atoms with Crippen LogP contribution in [-0.2, 0) is 11.3 Å². The maximum atomic E-state index is 5.76. The molecule has 0 aliphatic carbocycles. The second-order valence-electron chi connectivity index (χ2n) is 4.33. The first-order chi connectivity index (χ1) is 8.93. The Morgan fingerprint density at radius 1 is 1.44 bits per heavy atom. The van der Waals surface area contributed by atoms with Gasteiger partial charge >= 0.3 is 0 Å². The lowest BCUT2D eigenvalue weighted by molar-refractivity contribution is 0.0230. The quantitative estimate of drug-likeness (QED) is 0.874. The van der Waals surface area contributed by atoms with Gasteiger partial charge in [0.2, 0.25) is 0 Å². The molecule has 1 unspecified atom stereocenters. The van der Waals surface area contributed by atoms with Crippen molar-refractivity contribution in [1.82, 2.24) is 19.9 Å². The highest BCUT2D eigenvalue weighted by atomic mass is 16.5. The molecule has 94 valence electrons. The average molecular weight is 244 g/mol. The summed E-state index contributed by atoms with van der Waals surface area (Å²) in [5.41, 5.74) is 2.13.